The Morgan fingerprint density at radius 3 is 2.48 bits per heavy atom. The number of aliphatic hydroxyl groups is 1. The van der Waals surface area contributed by atoms with Gasteiger partial charge in [-0.05, 0) is 57.3 Å². The third-order valence-corrected chi connectivity index (χ3v) is 7.42. The van der Waals surface area contributed by atoms with Gasteiger partial charge in [0.1, 0.15) is 0 Å². The molecule has 0 spiro atoms. The Balaban J connectivity index is 1.80. The molecule has 3 atom stereocenters. The predicted molar refractivity (Wildman–Crippen MR) is 89.8 cm³/mol. The average Bonchev–Trinajstić information content (AvgIpc) is 3.16. The van der Waals surface area contributed by atoms with Gasteiger partial charge in [-0.15, -0.1) is 0 Å². The minimum atomic E-state index is -3.58. The van der Waals surface area contributed by atoms with Gasteiger partial charge in [-0.25, -0.2) is 8.42 Å². The number of aryl methyl sites for hydroxylation is 1. The minimum absolute atomic E-state index is 0.0945. The van der Waals surface area contributed by atoms with Gasteiger partial charge in [0.2, 0.25) is 10.0 Å². The fourth-order valence-corrected chi connectivity index (χ4v) is 5.61. The molecule has 1 saturated carbocycles. The first-order valence-electron chi connectivity index (χ1n) is 8.38. The number of sulfonamides is 1. The molecule has 1 aliphatic heterocycles. The maximum atomic E-state index is 12.9. The van der Waals surface area contributed by atoms with E-state index in [9.17, 15) is 13.5 Å². The van der Waals surface area contributed by atoms with E-state index in [0.717, 1.165) is 25.1 Å². The van der Waals surface area contributed by atoms with E-state index < -0.39 is 16.1 Å². The summed E-state index contributed by atoms with van der Waals surface area (Å²) >= 11 is 0. The summed E-state index contributed by atoms with van der Waals surface area (Å²) < 4.78 is 27.2. The number of benzene rings is 1. The fraction of sp³-hybridized carbons (Fsp3) is 0.647. The topological polar surface area (TPSA) is 60.9 Å². The molecule has 1 saturated heterocycles. The maximum absolute atomic E-state index is 12.9. The smallest absolute Gasteiger partial charge is 0.243 e. The van der Waals surface area contributed by atoms with Crippen molar-refractivity contribution in [2.24, 2.45) is 0 Å². The Bertz CT molecular complexity index is 656. The van der Waals surface area contributed by atoms with Crippen molar-refractivity contribution in [3.8, 4) is 0 Å². The van der Waals surface area contributed by atoms with Crippen molar-refractivity contribution < 1.29 is 13.5 Å². The van der Waals surface area contributed by atoms with Gasteiger partial charge in [0.15, 0.2) is 0 Å². The lowest BCUT2D eigenvalue weighted by Gasteiger charge is -2.31. The number of rotatable bonds is 4. The summed E-state index contributed by atoms with van der Waals surface area (Å²) in [5.74, 6) is 0. The molecule has 23 heavy (non-hydrogen) atoms. The van der Waals surface area contributed by atoms with Crippen LogP contribution in [0.5, 0.6) is 0 Å². The zero-order valence-corrected chi connectivity index (χ0v) is 14.7. The van der Waals surface area contributed by atoms with Crippen molar-refractivity contribution in [3.63, 3.8) is 0 Å². The van der Waals surface area contributed by atoms with Gasteiger partial charge < -0.3 is 5.11 Å². The molecule has 2 aliphatic rings. The summed E-state index contributed by atoms with van der Waals surface area (Å²) in [6, 6.07) is 6.77. The van der Waals surface area contributed by atoms with Gasteiger partial charge in [0.05, 0.1) is 17.0 Å². The maximum Gasteiger partial charge on any atom is 0.243 e. The summed E-state index contributed by atoms with van der Waals surface area (Å²) in [6.45, 7) is 3.84. The Kier molecular flexibility index (Phi) is 4.78. The molecule has 3 rings (SSSR count). The molecular formula is C17H26N2O3S. The highest BCUT2D eigenvalue weighted by atomic mass is 32.2. The van der Waals surface area contributed by atoms with Gasteiger partial charge in [0.25, 0.3) is 0 Å². The Morgan fingerprint density at radius 1 is 1.17 bits per heavy atom. The highest BCUT2D eigenvalue weighted by Crippen LogP contribution is 2.33. The van der Waals surface area contributed by atoms with Crippen LogP contribution >= 0.6 is 0 Å². The summed E-state index contributed by atoms with van der Waals surface area (Å²) in [5.41, 5.74) is 0.739. The second kappa shape index (κ2) is 6.51. The van der Waals surface area contributed by atoms with Crippen LogP contribution in [0.3, 0.4) is 0 Å². The molecule has 5 nitrogen and oxygen atoms in total. The van der Waals surface area contributed by atoms with Crippen molar-refractivity contribution in [2.75, 3.05) is 20.1 Å². The van der Waals surface area contributed by atoms with Crippen LogP contribution < -0.4 is 0 Å². The number of hydrogen-bond donors (Lipinski definition) is 1. The zero-order chi connectivity index (χ0) is 16.6. The molecule has 128 valence electrons. The molecule has 1 aromatic rings. The zero-order valence-electron chi connectivity index (χ0n) is 13.9. The highest BCUT2D eigenvalue weighted by Gasteiger charge is 2.44. The molecule has 1 aromatic carbocycles. The lowest BCUT2D eigenvalue weighted by atomic mass is 10.1. The summed E-state index contributed by atoms with van der Waals surface area (Å²) in [5, 5.41) is 10.7. The molecule has 0 radical (unpaired) electrons. The number of likely N-dealkylation sites (tertiary alicyclic amines) is 1. The van der Waals surface area contributed by atoms with Crippen LogP contribution in [0.2, 0.25) is 0 Å². The molecule has 0 unspecified atom stereocenters. The molecule has 2 fully saturated rings. The van der Waals surface area contributed by atoms with E-state index in [1.165, 1.54) is 17.1 Å². The molecular weight excluding hydrogens is 312 g/mol. The number of likely N-dealkylation sites (N-methyl/N-ethyl adjacent to an activating group) is 1. The van der Waals surface area contributed by atoms with Gasteiger partial charge in [0, 0.05) is 13.1 Å². The first-order chi connectivity index (χ1) is 10.9. The van der Waals surface area contributed by atoms with Gasteiger partial charge in [-0.2, -0.15) is 4.31 Å². The van der Waals surface area contributed by atoms with E-state index in [1.807, 2.05) is 6.07 Å². The molecule has 1 N–H and O–H groups in total. The quantitative estimate of drug-likeness (QED) is 0.906. The normalized spacial score (nSPS) is 29.5. The van der Waals surface area contributed by atoms with Crippen LogP contribution in [0.4, 0.5) is 0 Å². The summed E-state index contributed by atoms with van der Waals surface area (Å²) in [6.07, 6.45) is 3.30. The van der Waals surface area contributed by atoms with Gasteiger partial charge in [-0.1, -0.05) is 18.2 Å². The number of aliphatic hydroxyl groups excluding tert-OH is 1. The third kappa shape index (κ3) is 3.05. The second-order valence-corrected chi connectivity index (χ2v) is 8.70. The van der Waals surface area contributed by atoms with Crippen molar-refractivity contribution in [1.82, 2.24) is 9.21 Å². The highest BCUT2D eigenvalue weighted by molar-refractivity contribution is 7.89. The largest absolute Gasteiger partial charge is 0.390 e. The monoisotopic (exact) mass is 338 g/mol. The Hall–Kier alpha value is -0.950. The van der Waals surface area contributed by atoms with Gasteiger partial charge >= 0.3 is 0 Å². The van der Waals surface area contributed by atoms with E-state index in [0.29, 0.717) is 11.3 Å². The molecule has 1 aliphatic carbocycles. The summed E-state index contributed by atoms with van der Waals surface area (Å²) in [7, 11) is -1.98. The van der Waals surface area contributed by atoms with Crippen molar-refractivity contribution >= 4 is 10.0 Å². The SMILES string of the molecule is Cc1ccccc1S(=O)(=O)N(C)[C@@H]1CC[C@@H](N2CCCC2)[C@@H]1O. The van der Waals surface area contributed by atoms with Crippen LogP contribution in [-0.4, -0.2) is 61.1 Å². The van der Waals surface area contributed by atoms with Crippen LogP contribution in [0.25, 0.3) is 0 Å². The van der Waals surface area contributed by atoms with Crippen LogP contribution in [0.1, 0.15) is 31.2 Å². The lowest BCUT2D eigenvalue weighted by Crippen LogP contribution is -2.48. The van der Waals surface area contributed by atoms with Crippen molar-refractivity contribution in [3.05, 3.63) is 29.8 Å². The average molecular weight is 338 g/mol. The molecule has 0 bridgehead atoms. The summed E-state index contributed by atoms with van der Waals surface area (Å²) in [4.78, 5) is 2.65. The van der Waals surface area contributed by atoms with Gasteiger partial charge in [-0.3, -0.25) is 4.90 Å². The van der Waals surface area contributed by atoms with E-state index in [2.05, 4.69) is 4.90 Å². The first-order valence-corrected chi connectivity index (χ1v) is 9.82. The predicted octanol–water partition coefficient (Wildman–Crippen LogP) is 1.60. The van der Waals surface area contributed by atoms with Crippen molar-refractivity contribution in [1.29, 1.82) is 0 Å². The first kappa shape index (κ1) is 16.9. The Labute approximate surface area is 139 Å². The molecule has 0 amide bonds. The molecule has 0 aromatic heterocycles. The van der Waals surface area contributed by atoms with Crippen LogP contribution in [0, 0.1) is 6.92 Å². The van der Waals surface area contributed by atoms with E-state index >= 15 is 0 Å². The minimum Gasteiger partial charge on any atom is -0.390 e. The lowest BCUT2D eigenvalue weighted by molar-refractivity contribution is 0.0535. The molecule has 6 heteroatoms. The van der Waals surface area contributed by atoms with Crippen LogP contribution in [-0.2, 0) is 10.0 Å². The van der Waals surface area contributed by atoms with Crippen LogP contribution in [0.15, 0.2) is 29.2 Å². The van der Waals surface area contributed by atoms with Crippen molar-refractivity contribution in [2.45, 2.75) is 55.7 Å². The Morgan fingerprint density at radius 2 is 1.83 bits per heavy atom. The third-order valence-electron chi connectivity index (χ3n) is 5.37. The van der Waals surface area contributed by atoms with E-state index in [-0.39, 0.29) is 12.1 Å². The standard InChI is InChI=1S/C17H26N2O3S/c1-13-7-3-4-8-16(13)23(21,22)18(2)14-9-10-15(17(14)20)19-11-5-6-12-19/h3-4,7-8,14-15,17,20H,5-6,9-12H2,1-2H3/t14-,15-,17-/m1/s1. The van der Waals surface area contributed by atoms with E-state index in [4.69, 9.17) is 0 Å². The number of nitrogens with zero attached hydrogens (tertiary/aromatic N) is 2. The fourth-order valence-electron chi connectivity index (χ4n) is 3.99. The second-order valence-electron chi connectivity index (χ2n) is 6.73. The molecule has 1 heterocycles. The van der Waals surface area contributed by atoms with E-state index in [1.54, 1.807) is 32.2 Å². The number of hydrogen-bond acceptors (Lipinski definition) is 4.